The topological polar surface area (TPSA) is 54.4 Å². The third-order valence-corrected chi connectivity index (χ3v) is 2.14. The van der Waals surface area contributed by atoms with Crippen molar-refractivity contribution in [3.8, 4) is 0 Å². The molecule has 0 aliphatic rings. The molecule has 0 fully saturated rings. The van der Waals surface area contributed by atoms with Gasteiger partial charge in [0.2, 0.25) is 0 Å². The number of rotatable bonds is 3. The highest BCUT2D eigenvalue weighted by atomic mass is 16.4. The Kier molecular flexibility index (Phi) is 3.39. The van der Waals surface area contributed by atoms with Crippen molar-refractivity contribution in [3.63, 3.8) is 0 Å². The smallest absolute Gasteiger partial charge is 0.336 e. The number of allylic oxidation sites excluding steroid dienone is 1. The number of aldehydes is 1. The number of aromatic carboxylic acids is 1. The molecule has 0 atom stereocenters. The lowest BCUT2D eigenvalue weighted by atomic mass is 9.99. The molecule has 0 aliphatic carbocycles. The Labute approximate surface area is 88.0 Å². The van der Waals surface area contributed by atoms with Crippen LogP contribution in [0.2, 0.25) is 0 Å². The van der Waals surface area contributed by atoms with Gasteiger partial charge in [-0.3, -0.25) is 4.79 Å². The van der Waals surface area contributed by atoms with E-state index in [9.17, 15) is 9.59 Å². The lowest BCUT2D eigenvalue weighted by molar-refractivity contribution is -0.104. The largest absolute Gasteiger partial charge is 0.478 e. The Bertz CT molecular complexity index is 407. The van der Waals surface area contributed by atoms with Gasteiger partial charge in [-0.2, -0.15) is 0 Å². The molecule has 78 valence electrons. The SMILES string of the molecule is Cc1cc(C=CC=O)cc(C)c1C(=O)O. The van der Waals surface area contributed by atoms with E-state index < -0.39 is 5.97 Å². The van der Waals surface area contributed by atoms with Gasteiger partial charge in [0.05, 0.1) is 5.56 Å². The average molecular weight is 204 g/mol. The predicted octanol–water partition coefficient (Wildman–Crippen LogP) is 2.21. The van der Waals surface area contributed by atoms with E-state index in [2.05, 4.69) is 0 Å². The summed E-state index contributed by atoms with van der Waals surface area (Å²) in [5.74, 6) is -0.920. The van der Waals surface area contributed by atoms with Crippen LogP contribution in [0.1, 0.15) is 27.0 Å². The zero-order valence-corrected chi connectivity index (χ0v) is 8.65. The highest BCUT2D eigenvalue weighted by Gasteiger charge is 2.10. The monoisotopic (exact) mass is 204 g/mol. The van der Waals surface area contributed by atoms with Crippen LogP contribution < -0.4 is 0 Å². The maximum absolute atomic E-state index is 10.9. The summed E-state index contributed by atoms with van der Waals surface area (Å²) in [7, 11) is 0. The zero-order chi connectivity index (χ0) is 11.4. The molecule has 0 amide bonds. The first-order chi connectivity index (χ1) is 7.06. The summed E-state index contributed by atoms with van der Waals surface area (Å²) in [6, 6.07) is 3.49. The minimum atomic E-state index is -0.920. The molecular formula is C12H12O3. The van der Waals surface area contributed by atoms with Gasteiger partial charge in [0.1, 0.15) is 6.29 Å². The van der Waals surface area contributed by atoms with Gasteiger partial charge < -0.3 is 5.11 Å². The van der Waals surface area contributed by atoms with Gasteiger partial charge >= 0.3 is 5.97 Å². The molecule has 0 unspecified atom stereocenters. The number of aryl methyl sites for hydroxylation is 2. The molecule has 1 aromatic rings. The molecule has 0 aliphatic heterocycles. The van der Waals surface area contributed by atoms with E-state index in [0.29, 0.717) is 23.0 Å². The molecule has 15 heavy (non-hydrogen) atoms. The lowest BCUT2D eigenvalue weighted by Gasteiger charge is -2.06. The van der Waals surface area contributed by atoms with Crippen molar-refractivity contribution in [2.45, 2.75) is 13.8 Å². The van der Waals surface area contributed by atoms with Crippen molar-refractivity contribution in [2.24, 2.45) is 0 Å². The van der Waals surface area contributed by atoms with E-state index in [4.69, 9.17) is 5.11 Å². The molecule has 1 N–H and O–H groups in total. The van der Waals surface area contributed by atoms with Crippen LogP contribution in [0, 0.1) is 13.8 Å². The number of carbonyl (C=O) groups excluding carboxylic acids is 1. The minimum Gasteiger partial charge on any atom is -0.478 e. The van der Waals surface area contributed by atoms with Crippen molar-refractivity contribution in [1.82, 2.24) is 0 Å². The van der Waals surface area contributed by atoms with Gasteiger partial charge in [-0.1, -0.05) is 18.2 Å². The van der Waals surface area contributed by atoms with Gasteiger partial charge in [-0.25, -0.2) is 4.79 Å². The molecule has 0 radical (unpaired) electrons. The highest BCUT2D eigenvalue weighted by molar-refractivity contribution is 5.91. The third kappa shape index (κ3) is 2.53. The van der Waals surface area contributed by atoms with Crippen LogP contribution >= 0.6 is 0 Å². The quantitative estimate of drug-likeness (QED) is 0.606. The summed E-state index contributed by atoms with van der Waals surface area (Å²) in [6.07, 6.45) is 3.73. The summed E-state index contributed by atoms with van der Waals surface area (Å²) in [5.41, 5.74) is 2.57. The van der Waals surface area contributed by atoms with E-state index in [1.54, 1.807) is 32.1 Å². The second-order valence-electron chi connectivity index (χ2n) is 3.33. The van der Waals surface area contributed by atoms with Crippen molar-refractivity contribution in [3.05, 3.63) is 40.5 Å². The molecule has 3 nitrogen and oxygen atoms in total. The van der Waals surface area contributed by atoms with Crippen LogP contribution in [0.25, 0.3) is 6.08 Å². The molecule has 1 rings (SSSR count). The summed E-state index contributed by atoms with van der Waals surface area (Å²) in [5, 5.41) is 8.94. The summed E-state index contributed by atoms with van der Waals surface area (Å²) >= 11 is 0. The summed E-state index contributed by atoms with van der Waals surface area (Å²) in [6.45, 7) is 3.49. The Morgan fingerprint density at radius 1 is 1.27 bits per heavy atom. The Morgan fingerprint density at radius 3 is 2.20 bits per heavy atom. The Morgan fingerprint density at radius 2 is 1.80 bits per heavy atom. The van der Waals surface area contributed by atoms with Gasteiger partial charge in [0, 0.05) is 0 Å². The van der Waals surface area contributed by atoms with E-state index in [0.717, 1.165) is 5.56 Å². The predicted molar refractivity (Wildman–Crippen MR) is 58.0 cm³/mol. The normalized spacial score (nSPS) is 10.5. The first-order valence-corrected chi connectivity index (χ1v) is 4.52. The molecule has 0 saturated carbocycles. The van der Waals surface area contributed by atoms with E-state index >= 15 is 0 Å². The maximum atomic E-state index is 10.9. The molecule has 0 aromatic heterocycles. The van der Waals surface area contributed by atoms with Crippen molar-refractivity contribution < 1.29 is 14.7 Å². The van der Waals surface area contributed by atoms with Crippen molar-refractivity contribution in [1.29, 1.82) is 0 Å². The van der Waals surface area contributed by atoms with Gasteiger partial charge in [0.15, 0.2) is 0 Å². The van der Waals surface area contributed by atoms with Crippen LogP contribution in [-0.4, -0.2) is 17.4 Å². The van der Waals surface area contributed by atoms with Gasteiger partial charge in [0.25, 0.3) is 0 Å². The van der Waals surface area contributed by atoms with Crippen LogP contribution in [0.5, 0.6) is 0 Å². The maximum Gasteiger partial charge on any atom is 0.336 e. The van der Waals surface area contributed by atoms with Gasteiger partial charge in [-0.15, -0.1) is 0 Å². The number of benzene rings is 1. The molecular weight excluding hydrogens is 192 g/mol. The Balaban J connectivity index is 3.25. The minimum absolute atomic E-state index is 0.332. The summed E-state index contributed by atoms with van der Waals surface area (Å²) < 4.78 is 0. The number of hydrogen-bond donors (Lipinski definition) is 1. The second kappa shape index (κ2) is 4.55. The molecule has 0 saturated heterocycles. The van der Waals surface area contributed by atoms with E-state index in [-0.39, 0.29) is 0 Å². The first-order valence-electron chi connectivity index (χ1n) is 4.52. The van der Waals surface area contributed by atoms with Crippen molar-refractivity contribution >= 4 is 18.3 Å². The fraction of sp³-hybridized carbons (Fsp3) is 0.167. The molecule has 1 aromatic carbocycles. The second-order valence-corrected chi connectivity index (χ2v) is 3.33. The van der Waals surface area contributed by atoms with Crippen LogP contribution in [-0.2, 0) is 4.79 Å². The van der Waals surface area contributed by atoms with E-state index in [1.807, 2.05) is 0 Å². The highest BCUT2D eigenvalue weighted by Crippen LogP contribution is 2.17. The Hall–Kier alpha value is -1.90. The van der Waals surface area contributed by atoms with Gasteiger partial charge in [-0.05, 0) is 36.6 Å². The summed E-state index contributed by atoms with van der Waals surface area (Å²) in [4.78, 5) is 21.0. The third-order valence-electron chi connectivity index (χ3n) is 2.14. The van der Waals surface area contributed by atoms with Crippen molar-refractivity contribution in [2.75, 3.05) is 0 Å². The fourth-order valence-electron chi connectivity index (χ4n) is 1.58. The molecule has 3 heteroatoms. The zero-order valence-electron chi connectivity index (χ0n) is 8.65. The van der Waals surface area contributed by atoms with Crippen LogP contribution in [0.3, 0.4) is 0 Å². The van der Waals surface area contributed by atoms with E-state index in [1.165, 1.54) is 6.08 Å². The molecule has 0 heterocycles. The van der Waals surface area contributed by atoms with Crippen LogP contribution in [0.15, 0.2) is 18.2 Å². The fourth-order valence-corrected chi connectivity index (χ4v) is 1.58. The number of carbonyl (C=O) groups is 2. The lowest BCUT2D eigenvalue weighted by Crippen LogP contribution is -2.03. The first kappa shape index (κ1) is 11.2. The number of carboxylic acids is 1. The average Bonchev–Trinajstić information content (AvgIpc) is 2.12. The van der Waals surface area contributed by atoms with Crippen LogP contribution in [0.4, 0.5) is 0 Å². The molecule has 0 spiro atoms. The number of carboxylic acid groups (broad SMARTS) is 1. The molecule has 0 bridgehead atoms. The number of hydrogen-bond acceptors (Lipinski definition) is 2. The standard InChI is InChI=1S/C12H12O3/c1-8-6-10(4-3-5-13)7-9(2)11(8)12(14)15/h3-7H,1-2H3,(H,14,15).